The summed E-state index contributed by atoms with van der Waals surface area (Å²) in [4.78, 5) is 0. The number of aromatic hydroxyl groups is 2. The Morgan fingerprint density at radius 1 is 0.364 bits per heavy atom. The van der Waals surface area contributed by atoms with Gasteiger partial charge in [-0.2, -0.15) is 0 Å². The molecule has 0 aromatic heterocycles. The molecule has 0 bridgehead atoms. The first-order valence-corrected chi connectivity index (χ1v) is 14.3. The first kappa shape index (κ1) is 29.7. The average molecular weight is 579 g/mol. The lowest BCUT2D eigenvalue weighted by Crippen LogP contribution is -1.82. The highest BCUT2D eigenvalue weighted by Crippen LogP contribution is 2.30. The second-order valence-electron chi connectivity index (χ2n) is 10.2. The summed E-state index contributed by atoms with van der Waals surface area (Å²) < 4.78 is 10.4. The van der Waals surface area contributed by atoms with Gasteiger partial charge in [0.2, 0.25) is 0 Å². The summed E-state index contributed by atoms with van der Waals surface area (Å²) in [5.74, 6) is 1.86. The van der Waals surface area contributed by atoms with Gasteiger partial charge < -0.3 is 19.7 Å². The zero-order valence-corrected chi connectivity index (χ0v) is 24.7. The quantitative estimate of drug-likeness (QED) is 0.128. The molecule has 0 heterocycles. The lowest BCUT2D eigenvalue weighted by molar-refractivity contribution is 0.414. The molecule has 0 spiro atoms. The number of ether oxygens (including phenoxy) is 2. The summed E-state index contributed by atoms with van der Waals surface area (Å²) in [6.45, 7) is 0. The molecule has 4 nitrogen and oxygen atoms in total. The van der Waals surface area contributed by atoms with E-state index in [1.807, 2.05) is 109 Å². The van der Waals surface area contributed by atoms with Crippen molar-refractivity contribution in [1.82, 2.24) is 0 Å². The molecule has 218 valence electrons. The Hall–Kier alpha value is -5.74. The summed E-state index contributed by atoms with van der Waals surface area (Å²) in [5.41, 5.74) is 7.38. The molecule has 0 atom stereocenters. The Balaban J connectivity index is 1.19. The highest BCUT2D eigenvalue weighted by atomic mass is 16.5. The molecule has 0 radical (unpaired) electrons. The Bertz CT molecular complexity index is 1650. The van der Waals surface area contributed by atoms with Gasteiger partial charge in [0.05, 0.1) is 14.2 Å². The molecule has 5 aromatic rings. The molecular weight excluding hydrogens is 544 g/mol. The molecule has 0 amide bonds. The van der Waals surface area contributed by atoms with E-state index in [9.17, 15) is 10.2 Å². The van der Waals surface area contributed by atoms with Gasteiger partial charge in [0.1, 0.15) is 23.0 Å². The van der Waals surface area contributed by atoms with Gasteiger partial charge in [-0.05, 0) is 69.8 Å². The molecule has 5 rings (SSSR count). The van der Waals surface area contributed by atoms with E-state index in [-0.39, 0.29) is 11.5 Å². The van der Waals surface area contributed by atoms with Crippen molar-refractivity contribution >= 4 is 48.6 Å². The van der Waals surface area contributed by atoms with Crippen molar-refractivity contribution in [3.8, 4) is 23.0 Å². The summed E-state index contributed by atoms with van der Waals surface area (Å²) in [6, 6.07) is 35.1. The van der Waals surface area contributed by atoms with Gasteiger partial charge in [-0.3, -0.25) is 0 Å². The van der Waals surface area contributed by atoms with Gasteiger partial charge in [0.25, 0.3) is 0 Å². The normalized spacial score (nSPS) is 11.7. The van der Waals surface area contributed by atoms with E-state index in [0.717, 1.165) is 44.9 Å². The summed E-state index contributed by atoms with van der Waals surface area (Å²) >= 11 is 0. The van der Waals surface area contributed by atoms with Crippen LogP contribution in [0.3, 0.4) is 0 Å². The third-order valence-electron chi connectivity index (χ3n) is 7.13. The molecule has 0 saturated heterocycles. The van der Waals surface area contributed by atoms with Crippen LogP contribution in [0.5, 0.6) is 23.0 Å². The Kier molecular flexibility index (Phi) is 9.76. The molecule has 44 heavy (non-hydrogen) atoms. The van der Waals surface area contributed by atoms with E-state index in [0.29, 0.717) is 11.1 Å². The van der Waals surface area contributed by atoms with E-state index in [2.05, 4.69) is 24.3 Å². The van der Waals surface area contributed by atoms with Crippen LogP contribution in [0.1, 0.15) is 44.5 Å². The Morgan fingerprint density at radius 3 is 0.841 bits per heavy atom. The van der Waals surface area contributed by atoms with Crippen LogP contribution in [0.15, 0.2) is 109 Å². The fourth-order valence-electron chi connectivity index (χ4n) is 4.50. The molecule has 0 aliphatic heterocycles. The zero-order chi connectivity index (χ0) is 30.7. The van der Waals surface area contributed by atoms with Crippen LogP contribution in [-0.2, 0) is 0 Å². The summed E-state index contributed by atoms with van der Waals surface area (Å²) in [7, 11) is 3.31. The average Bonchev–Trinajstić information content (AvgIpc) is 3.07. The molecule has 0 aliphatic rings. The van der Waals surface area contributed by atoms with Crippen LogP contribution in [0.25, 0.3) is 48.6 Å². The first-order chi connectivity index (χ1) is 21.5. The maximum atomic E-state index is 10.6. The molecule has 0 unspecified atom stereocenters. The van der Waals surface area contributed by atoms with E-state index in [1.54, 1.807) is 38.5 Å². The van der Waals surface area contributed by atoms with Crippen molar-refractivity contribution in [2.24, 2.45) is 0 Å². The van der Waals surface area contributed by atoms with E-state index in [1.165, 1.54) is 0 Å². The fourth-order valence-corrected chi connectivity index (χ4v) is 4.50. The highest BCUT2D eigenvalue weighted by molar-refractivity contribution is 5.79. The molecule has 0 aliphatic carbocycles. The van der Waals surface area contributed by atoms with Crippen molar-refractivity contribution < 1.29 is 19.7 Å². The third kappa shape index (κ3) is 8.17. The largest absolute Gasteiger partial charge is 0.507 e. The number of phenolic OH excluding ortho intramolecular Hbond substituents is 2. The van der Waals surface area contributed by atoms with E-state index >= 15 is 0 Å². The molecule has 0 fully saturated rings. The lowest BCUT2D eigenvalue weighted by atomic mass is 10.0. The Labute approximate surface area is 258 Å². The molecule has 4 heteroatoms. The minimum atomic E-state index is 0.0942. The zero-order valence-electron chi connectivity index (χ0n) is 24.7. The number of rotatable bonds is 10. The standard InChI is InChI=1S/C40H34O4/c1-43-37-23-17-33(18-24-37)13-7-29-3-9-31(10-4-29)15-21-35-27-40(42)36(28-39(35)41)22-16-32-11-5-30(6-12-32)8-14-34-19-25-38(44-2)26-20-34/h3-28,41-42H,1-2H3/b13-7+,14-8+,21-15+,22-16+. The van der Waals surface area contributed by atoms with Crippen molar-refractivity contribution in [3.63, 3.8) is 0 Å². The number of hydrogen-bond acceptors (Lipinski definition) is 4. The van der Waals surface area contributed by atoms with Gasteiger partial charge >= 0.3 is 0 Å². The van der Waals surface area contributed by atoms with Crippen molar-refractivity contribution in [2.45, 2.75) is 0 Å². The maximum Gasteiger partial charge on any atom is 0.123 e. The topological polar surface area (TPSA) is 58.9 Å². The van der Waals surface area contributed by atoms with Gasteiger partial charge in [0, 0.05) is 11.1 Å². The molecule has 2 N–H and O–H groups in total. The van der Waals surface area contributed by atoms with Crippen LogP contribution in [-0.4, -0.2) is 24.4 Å². The van der Waals surface area contributed by atoms with Gasteiger partial charge in [-0.25, -0.2) is 0 Å². The van der Waals surface area contributed by atoms with E-state index in [4.69, 9.17) is 9.47 Å². The maximum absolute atomic E-state index is 10.6. The van der Waals surface area contributed by atoms with Crippen LogP contribution in [0.4, 0.5) is 0 Å². The fraction of sp³-hybridized carbons (Fsp3) is 0.0500. The smallest absolute Gasteiger partial charge is 0.123 e. The van der Waals surface area contributed by atoms with Crippen molar-refractivity contribution in [1.29, 1.82) is 0 Å². The van der Waals surface area contributed by atoms with Gasteiger partial charge in [0.15, 0.2) is 0 Å². The molecule has 5 aromatic carbocycles. The minimum absolute atomic E-state index is 0.0942. The molecule has 0 saturated carbocycles. The van der Waals surface area contributed by atoms with Crippen molar-refractivity contribution in [3.05, 3.63) is 154 Å². The van der Waals surface area contributed by atoms with Crippen LogP contribution in [0, 0.1) is 0 Å². The summed E-state index contributed by atoms with van der Waals surface area (Å²) in [6.07, 6.45) is 15.6. The third-order valence-corrected chi connectivity index (χ3v) is 7.13. The number of phenols is 2. The minimum Gasteiger partial charge on any atom is -0.507 e. The van der Waals surface area contributed by atoms with Crippen LogP contribution in [0.2, 0.25) is 0 Å². The first-order valence-electron chi connectivity index (χ1n) is 14.3. The summed E-state index contributed by atoms with van der Waals surface area (Å²) in [5, 5.41) is 21.3. The monoisotopic (exact) mass is 578 g/mol. The second kappa shape index (κ2) is 14.4. The predicted molar refractivity (Wildman–Crippen MR) is 184 cm³/mol. The lowest BCUT2D eigenvalue weighted by Gasteiger charge is -2.05. The SMILES string of the molecule is COc1ccc(/C=C/c2ccc(/C=C/c3cc(O)c(/C=C/c4ccc(/C=C/c5ccc(OC)cc5)cc4)cc3O)cc2)cc1. The van der Waals surface area contributed by atoms with Crippen LogP contribution >= 0.6 is 0 Å². The second-order valence-corrected chi connectivity index (χ2v) is 10.2. The number of hydrogen-bond donors (Lipinski definition) is 2. The van der Waals surface area contributed by atoms with Gasteiger partial charge in [-0.15, -0.1) is 0 Å². The van der Waals surface area contributed by atoms with E-state index < -0.39 is 0 Å². The number of methoxy groups -OCH3 is 2. The Morgan fingerprint density at radius 2 is 0.591 bits per heavy atom. The van der Waals surface area contributed by atoms with Crippen LogP contribution < -0.4 is 9.47 Å². The highest BCUT2D eigenvalue weighted by Gasteiger charge is 2.05. The van der Waals surface area contributed by atoms with Gasteiger partial charge in [-0.1, -0.05) is 121 Å². The molecular formula is C40H34O4. The predicted octanol–water partition coefficient (Wildman–Crippen LogP) is 9.80. The number of benzene rings is 5. The van der Waals surface area contributed by atoms with Crippen molar-refractivity contribution in [2.75, 3.05) is 14.2 Å².